The Labute approximate surface area is 111 Å². The Bertz CT molecular complexity index is 670. The fourth-order valence-electron chi connectivity index (χ4n) is 1.50. The summed E-state index contributed by atoms with van der Waals surface area (Å²) in [5.41, 5.74) is 0.650. The second-order valence-corrected chi connectivity index (χ2v) is 5.69. The van der Waals surface area contributed by atoms with Gasteiger partial charge in [0.05, 0.1) is 12.1 Å². The van der Waals surface area contributed by atoms with Crippen LogP contribution in [-0.4, -0.2) is 20.0 Å². The Kier molecular flexibility index (Phi) is 3.85. The lowest BCUT2D eigenvalue weighted by atomic mass is 10.2. The maximum Gasteiger partial charge on any atom is 0.300 e. The molecule has 0 N–H and O–H groups in total. The van der Waals surface area contributed by atoms with Crippen molar-refractivity contribution in [1.29, 1.82) is 0 Å². The molecular weight excluding hydrogens is 274 g/mol. The fraction of sp³-hybridized carbons (Fsp3) is 0.250. The highest BCUT2D eigenvalue weighted by molar-refractivity contribution is 7.86. The van der Waals surface area contributed by atoms with Crippen LogP contribution in [0.4, 0.5) is 0 Å². The van der Waals surface area contributed by atoms with Crippen LogP contribution in [0.1, 0.15) is 13.3 Å². The van der Waals surface area contributed by atoms with Gasteiger partial charge in [-0.05, 0) is 18.6 Å². The highest BCUT2D eigenvalue weighted by Gasteiger charge is 2.20. The summed E-state index contributed by atoms with van der Waals surface area (Å²) in [5, 5.41) is 0.644. The number of benzene rings is 1. The Hall–Kier alpha value is -1.17. The maximum atomic E-state index is 11.9. The molecule has 0 unspecified atom stereocenters. The molecule has 0 bridgehead atoms. The molecule has 0 radical (unpaired) electrons. The molecule has 0 aliphatic carbocycles. The standard InChI is InChI=1S/C12H12ClNO3S/c1-2-7-17-18(15,16)11-8-9-5-3-4-6-10(9)14-12(11)13/h3-6,8H,2,7H2,1H3. The zero-order chi connectivity index (χ0) is 13.2. The van der Waals surface area contributed by atoms with Crippen molar-refractivity contribution < 1.29 is 12.6 Å². The number of hydrogen-bond donors (Lipinski definition) is 0. The number of aromatic nitrogens is 1. The van der Waals surface area contributed by atoms with E-state index in [4.69, 9.17) is 15.8 Å². The molecule has 2 aromatic rings. The van der Waals surface area contributed by atoms with Crippen LogP contribution in [0, 0.1) is 0 Å². The molecule has 96 valence electrons. The van der Waals surface area contributed by atoms with Gasteiger partial charge in [0.25, 0.3) is 10.1 Å². The lowest BCUT2D eigenvalue weighted by molar-refractivity contribution is 0.318. The molecule has 0 aliphatic heterocycles. The smallest absolute Gasteiger partial charge is 0.266 e. The van der Waals surface area contributed by atoms with Gasteiger partial charge in [-0.15, -0.1) is 0 Å². The van der Waals surface area contributed by atoms with Crippen molar-refractivity contribution >= 4 is 32.6 Å². The molecule has 0 atom stereocenters. The van der Waals surface area contributed by atoms with Crippen molar-refractivity contribution in [3.63, 3.8) is 0 Å². The largest absolute Gasteiger partial charge is 0.300 e. The minimum Gasteiger partial charge on any atom is -0.266 e. The molecule has 18 heavy (non-hydrogen) atoms. The van der Waals surface area contributed by atoms with E-state index in [1.54, 1.807) is 18.2 Å². The first-order valence-electron chi connectivity index (χ1n) is 5.49. The predicted octanol–water partition coefficient (Wildman–Crippen LogP) is 3.00. The average molecular weight is 286 g/mol. The van der Waals surface area contributed by atoms with Gasteiger partial charge >= 0.3 is 0 Å². The Morgan fingerprint density at radius 3 is 2.78 bits per heavy atom. The zero-order valence-electron chi connectivity index (χ0n) is 9.76. The minimum absolute atomic E-state index is 0.0650. The van der Waals surface area contributed by atoms with E-state index in [1.807, 2.05) is 13.0 Å². The summed E-state index contributed by atoms with van der Waals surface area (Å²) >= 11 is 5.90. The van der Waals surface area contributed by atoms with E-state index in [9.17, 15) is 8.42 Å². The number of hydrogen-bond acceptors (Lipinski definition) is 4. The number of nitrogens with zero attached hydrogens (tertiary/aromatic N) is 1. The molecule has 2 rings (SSSR count). The fourth-order valence-corrected chi connectivity index (χ4v) is 2.97. The van der Waals surface area contributed by atoms with Crippen LogP contribution in [0.25, 0.3) is 10.9 Å². The van der Waals surface area contributed by atoms with Crippen LogP contribution in [0.15, 0.2) is 35.2 Å². The van der Waals surface area contributed by atoms with E-state index in [0.29, 0.717) is 17.3 Å². The number of fused-ring (bicyclic) bond motifs is 1. The first kappa shape index (κ1) is 13.3. The molecular formula is C12H12ClNO3S. The van der Waals surface area contributed by atoms with Gasteiger partial charge < -0.3 is 0 Å². The Balaban J connectivity index is 2.54. The monoisotopic (exact) mass is 285 g/mol. The van der Waals surface area contributed by atoms with Crippen LogP contribution in [0.5, 0.6) is 0 Å². The predicted molar refractivity (Wildman–Crippen MR) is 70.2 cm³/mol. The second-order valence-electron chi connectivity index (χ2n) is 3.75. The van der Waals surface area contributed by atoms with Crippen molar-refractivity contribution in [2.24, 2.45) is 0 Å². The van der Waals surface area contributed by atoms with E-state index in [0.717, 1.165) is 0 Å². The van der Waals surface area contributed by atoms with E-state index >= 15 is 0 Å². The molecule has 1 aromatic heterocycles. The van der Waals surface area contributed by atoms with E-state index in [2.05, 4.69) is 4.98 Å². The zero-order valence-corrected chi connectivity index (χ0v) is 11.3. The van der Waals surface area contributed by atoms with Crippen LogP contribution in [0.2, 0.25) is 5.15 Å². The third-order valence-electron chi connectivity index (χ3n) is 2.36. The van der Waals surface area contributed by atoms with Crippen molar-refractivity contribution in [3.8, 4) is 0 Å². The van der Waals surface area contributed by atoms with Gasteiger partial charge in [-0.25, -0.2) is 4.98 Å². The van der Waals surface area contributed by atoms with Crippen LogP contribution in [0.3, 0.4) is 0 Å². The van der Waals surface area contributed by atoms with E-state index in [1.165, 1.54) is 6.07 Å². The van der Waals surface area contributed by atoms with Gasteiger partial charge in [0, 0.05) is 5.39 Å². The average Bonchev–Trinajstić information content (AvgIpc) is 2.35. The minimum atomic E-state index is -3.84. The highest BCUT2D eigenvalue weighted by Crippen LogP contribution is 2.25. The number of rotatable bonds is 4. The Morgan fingerprint density at radius 2 is 2.06 bits per heavy atom. The molecule has 0 saturated carbocycles. The van der Waals surface area contributed by atoms with E-state index < -0.39 is 10.1 Å². The quantitative estimate of drug-likeness (QED) is 0.640. The van der Waals surface area contributed by atoms with Crippen molar-refractivity contribution in [1.82, 2.24) is 4.98 Å². The summed E-state index contributed by atoms with van der Waals surface area (Å²) < 4.78 is 28.7. The maximum absolute atomic E-state index is 11.9. The van der Waals surface area contributed by atoms with Crippen molar-refractivity contribution in [3.05, 3.63) is 35.5 Å². The van der Waals surface area contributed by atoms with Gasteiger partial charge in [-0.2, -0.15) is 8.42 Å². The van der Waals surface area contributed by atoms with Gasteiger partial charge in [0.2, 0.25) is 0 Å². The molecule has 0 spiro atoms. The third-order valence-corrected chi connectivity index (χ3v) is 4.08. The molecule has 6 heteroatoms. The first-order chi connectivity index (χ1) is 8.54. The van der Waals surface area contributed by atoms with Crippen LogP contribution in [-0.2, 0) is 14.3 Å². The Morgan fingerprint density at radius 1 is 1.33 bits per heavy atom. The summed E-state index contributed by atoms with van der Waals surface area (Å²) in [6, 6.07) is 8.65. The molecule has 4 nitrogen and oxygen atoms in total. The van der Waals surface area contributed by atoms with Gasteiger partial charge in [-0.3, -0.25) is 4.18 Å². The van der Waals surface area contributed by atoms with Crippen molar-refractivity contribution in [2.45, 2.75) is 18.2 Å². The normalized spacial score (nSPS) is 11.9. The van der Waals surface area contributed by atoms with E-state index in [-0.39, 0.29) is 16.7 Å². The SMILES string of the molecule is CCCOS(=O)(=O)c1cc2ccccc2nc1Cl. The summed E-state index contributed by atoms with van der Waals surface area (Å²) in [4.78, 5) is 3.97. The van der Waals surface area contributed by atoms with Crippen LogP contribution >= 0.6 is 11.6 Å². The summed E-state index contributed by atoms with van der Waals surface area (Å²) in [7, 11) is -3.84. The molecule has 0 amide bonds. The first-order valence-corrected chi connectivity index (χ1v) is 7.28. The summed E-state index contributed by atoms with van der Waals surface area (Å²) in [6.45, 7) is 1.96. The molecule has 1 heterocycles. The molecule has 0 fully saturated rings. The van der Waals surface area contributed by atoms with Gasteiger partial charge in [-0.1, -0.05) is 36.7 Å². The topological polar surface area (TPSA) is 56.3 Å². The van der Waals surface area contributed by atoms with Gasteiger partial charge in [0.1, 0.15) is 4.90 Å². The van der Waals surface area contributed by atoms with Crippen LogP contribution < -0.4 is 0 Å². The summed E-state index contributed by atoms with van der Waals surface area (Å²) in [6.07, 6.45) is 0.609. The van der Waals surface area contributed by atoms with Gasteiger partial charge in [0.15, 0.2) is 5.15 Å². The second kappa shape index (κ2) is 5.22. The molecule has 0 saturated heterocycles. The lowest BCUT2D eigenvalue weighted by Crippen LogP contribution is -2.08. The van der Waals surface area contributed by atoms with Crippen molar-refractivity contribution in [2.75, 3.05) is 6.61 Å². The molecule has 1 aromatic carbocycles. The highest BCUT2D eigenvalue weighted by atomic mass is 35.5. The lowest BCUT2D eigenvalue weighted by Gasteiger charge is -2.07. The number of pyridine rings is 1. The number of halogens is 1. The molecule has 0 aliphatic rings. The summed E-state index contributed by atoms with van der Waals surface area (Å²) in [5.74, 6) is 0. The third kappa shape index (κ3) is 2.63. The number of para-hydroxylation sites is 1.